The molecule has 0 saturated carbocycles. The lowest BCUT2D eigenvalue weighted by Crippen LogP contribution is -2.34. The van der Waals surface area contributed by atoms with E-state index in [1.54, 1.807) is 0 Å². The highest BCUT2D eigenvalue weighted by atomic mass is 16.2. The maximum absolute atomic E-state index is 12.0. The molecule has 0 spiro atoms. The van der Waals surface area contributed by atoms with E-state index in [1.807, 2.05) is 18.2 Å². The lowest BCUT2D eigenvalue weighted by molar-refractivity contribution is -0.126. The van der Waals surface area contributed by atoms with Crippen molar-refractivity contribution < 1.29 is 14.4 Å². The molecule has 0 radical (unpaired) electrons. The van der Waals surface area contributed by atoms with Crippen molar-refractivity contribution in [2.24, 2.45) is 5.92 Å². The molecule has 0 bridgehead atoms. The van der Waals surface area contributed by atoms with Gasteiger partial charge in [0.25, 0.3) is 0 Å². The molecule has 7 heteroatoms. The molecule has 2 aliphatic rings. The molecule has 2 heterocycles. The first kappa shape index (κ1) is 17.3. The minimum atomic E-state index is -0.364. The normalized spacial score (nSPS) is 20.1. The zero-order valence-corrected chi connectivity index (χ0v) is 14.2. The standard InChI is InChI=1S/C18H24N4O3/c23-16(7-4-9-22-17(24)12-20-18(22)25)19-11-14-8-10-21(13-14)15-5-2-1-3-6-15/h1-3,5-6,14H,4,7-13H2,(H,19,23)(H,20,25). The number of anilines is 1. The zero-order valence-electron chi connectivity index (χ0n) is 14.2. The summed E-state index contributed by atoms with van der Waals surface area (Å²) in [6.07, 6.45) is 1.88. The van der Waals surface area contributed by atoms with E-state index in [1.165, 1.54) is 10.6 Å². The number of para-hydroxylation sites is 1. The molecule has 0 aliphatic carbocycles. The van der Waals surface area contributed by atoms with Gasteiger partial charge in [-0.25, -0.2) is 4.79 Å². The van der Waals surface area contributed by atoms with E-state index in [0.29, 0.717) is 31.8 Å². The highest BCUT2D eigenvalue weighted by Crippen LogP contribution is 2.22. The monoisotopic (exact) mass is 344 g/mol. The molecule has 1 unspecified atom stereocenters. The minimum Gasteiger partial charge on any atom is -0.371 e. The number of benzene rings is 1. The fraction of sp³-hybridized carbons (Fsp3) is 0.500. The fourth-order valence-corrected chi connectivity index (χ4v) is 3.30. The van der Waals surface area contributed by atoms with E-state index in [2.05, 4.69) is 27.7 Å². The number of nitrogens with one attached hydrogen (secondary N) is 2. The Morgan fingerprint density at radius 3 is 2.76 bits per heavy atom. The molecule has 4 amide bonds. The lowest BCUT2D eigenvalue weighted by atomic mass is 10.1. The second kappa shape index (κ2) is 8.00. The van der Waals surface area contributed by atoms with Gasteiger partial charge in [0.2, 0.25) is 11.8 Å². The van der Waals surface area contributed by atoms with Crippen LogP contribution in [0.15, 0.2) is 30.3 Å². The Morgan fingerprint density at radius 2 is 2.04 bits per heavy atom. The van der Waals surface area contributed by atoms with Crippen molar-refractivity contribution in [1.29, 1.82) is 0 Å². The molecule has 1 atom stereocenters. The van der Waals surface area contributed by atoms with E-state index in [9.17, 15) is 14.4 Å². The Bertz CT molecular complexity index is 618. The number of imide groups is 1. The summed E-state index contributed by atoms with van der Waals surface area (Å²) >= 11 is 0. The highest BCUT2D eigenvalue weighted by Gasteiger charge is 2.28. The van der Waals surface area contributed by atoms with Crippen molar-refractivity contribution in [1.82, 2.24) is 15.5 Å². The van der Waals surface area contributed by atoms with Crippen molar-refractivity contribution in [3.05, 3.63) is 30.3 Å². The van der Waals surface area contributed by atoms with Gasteiger partial charge in [-0.3, -0.25) is 14.5 Å². The first-order valence-corrected chi connectivity index (χ1v) is 8.78. The Labute approximate surface area is 147 Å². The second-order valence-corrected chi connectivity index (χ2v) is 6.55. The van der Waals surface area contributed by atoms with E-state index in [-0.39, 0.29) is 24.4 Å². The summed E-state index contributed by atoms with van der Waals surface area (Å²) in [7, 11) is 0. The van der Waals surface area contributed by atoms with Crippen molar-refractivity contribution in [2.75, 3.05) is 37.6 Å². The van der Waals surface area contributed by atoms with Crippen LogP contribution in [0, 0.1) is 5.92 Å². The van der Waals surface area contributed by atoms with Crippen LogP contribution < -0.4 is 15.5 Å². The summed E-state index contributed by atoms with van der Waals surface area (Å²) < 4.78 is 0. The van der Waals surface area contributed by atoms with E-state index in [0.717, 1.165) is 19.5 Å². The van der Waals surface area contributed by atoms with Crippen LogP contribution in [-0.4, -0.2) is 55.5 Å². The third-order valence-corrected chi connectivity index (χ3v) is 4.72. The van der Waals surface area contributed by atoms with E-state index < -0.39 is 0 Å². The number of nitrogens with zero attached hydrogens (tertiary/aromatic N) is 2. The molecule has 3 rings (SSSR count). The summed E-state index contributed by atoms with van der Waals surface area (Å²) in [5, 5.41) is 5.44. The number of urea groups is 1. The molecule has 2 aliphatic heterocycles. The average Bonchev–Trinajstić information content (AvgIpc) is 3.22. The third-order valence-electron chi connectivity index (χ3n) is 4.72. The molecule has 1 aromatic carbocycles. The van der Waals surface area contributed by atoms with Crippen LogP contribution in [0.4, 0.5) is 10.5 Å². The summed E-state index contributed by atoms with van der Waals surface area (Å²) in [5.41, 5.74) is 1.23. The van der Waals surface area contributed by atoms with Crippen molar-refractivity contribution >= 4 is 23.5 Å². The number of hydrogen-bond donors (Lipinski definition) is 2. The molecule has 2 fully saturated rings. The average molecular weight is 344 g/mol. The quantitative estimate of drug-likeness (QED) is 0.722. The van der Waals surface area contributed by atoms with Gasteiger partial charge in [-0.1, -0.05) is 18.2 Å². The maximum atomic E-state index is 12.0. The second-order valence-electron chi connectivity index (χ2n) is 6.55. The predicted molar refractivity (Wildman–Crippen MR) is 94.1 cm³/mol. The van der Waals surface area contributed by atoms with Crippen molar-refractivity contribution in [2.45, 2.75) is 19.3 Å². The fourth-order valence-electron chi connectivity index (χ4n) is 3.30. The van der Waals surface area contributed by atoms with Gasteiger partial charge in [0.1, 0.15) is 0 Å². The van der Waals surface area contributed by atoms with Crippen LogP contribution in [0.5, 0.6) is 0 Å². The van der Waals surface area contributed by atoms with Gasteiger partial charge in [0, 0.05) is 38.3 Å². The SMILES string of the molecule is O=C(CCCN1C(=O)CNC1=O)NCC1CCN(c2ccccc2)C1. The first-order valence-electron chi connectivity index (χ1n) is 8.78. The van der Waals surface area contributed by atoms with Gasteiger partial charge in [-0.15, -0.1) is 0 Å². The van der Waals surface area contributed by atoms with Crippen LogP contribution in [-0.2, 0) is 9.59 Å². The van der Waals surface area contributed by atoms with Crippen LogP contribution in [0.25, 0.3) is 0 Å². The predicted octanol–water partition coefficient (Wildman–Crippen LogP) is 0.961. The Kier molecular flexibility index (Phi) is 5.53. The molecule has 25 heavy (non-hydrogen) atoms. The van der Waals surface area contributed by atoms with Gasteiger partial charge in [-0.2, -0.15) is 0 Å². The van der Waals surface area contributed by atoms with Crippen molar-refractivity contribution in [3.63, 3.8) is 0 Å². The van der Waals surface area contributed by atoms with Gasteiger partial charge >= 0.3 is 6.03 Å². The molecular formula is C18H24N4O3. The molecule has 0 aromatic heterocycles. The topological polar surface area (TPSA) is 81.8 Å². The molecule has 1 aromatic rings. The molecule has 134 valence electrons. The maximum Gasteiger partial charge on any atom is 0.324 e. The van der Waals surface area contributed by atoms with Gasteiger partial charge in [0.15, 0.2) is 0 Å². The van der Waals surface area contributed by atoms with Crippen LogP contribution in [0.1, 0.15) is 19.3 Å². The molecular weight excluding hydrogens is 320 g/mol. The lowest BCUT2D eigenvalue weighted by Gasteiger charge is -2.18. The Morgan fingerprint density at radius 1 is 1.24 bits per heavy atom. The smallest absolute Gasteiger partial charge is 0.324 e. The number of amides is 4. The summed E-state index contributed by atoms with van der Waals surface area (Å²) in [4.78, 5) is 38.3. The summed E-state index contributed by atoms with van der Waals surface area (Å²) in [5.74, 6) is 0.206. The number of hydrogen-bond acceptors (Lipinski definition) is 4. The molecule has 7 nitrogen and oxygen atoms in total. The van der Waals surface area contributed by atoms with E-state index >= 15 is 0 Å². The van der Waals surface area contributed by atoms with Gasteiger partial charge < -0.3 is 15.5 Å². The first-order chi connectivity index (χ1) is 12.1. The van der Waals surface area contributed by atoms with Crippen LogP contribution >= 0.6 is 0 Å². The van der Waals surface area contributed by atoms with Gasteiger partial charge in [-0.05, 0) is 30.9 Å². The molecule has 2 saturated heterocycles. The Balaban J connectivity index is 1.33. The summed E-state index contributed by atoms with van der Waals surface area (Å²) in [6, 6.07) is 9.94. The zero-order chi connectivity index (χ0) is 17.6. The van der Waals surface area contributed by atoms with Crippen LogP contribution in [0.2, 0.25) is 0 Å². The largest absolute Gasteiger partial charge is 0.371 e. The summed E-state index contributed by atoms with van der Waals surface area (Å²) in [6.45, 7) is 2.99. The Hall–Kier alpha value is -2.57. The number of rotatable bonds is 7. The number of carbonyl (C=O) groups is 3. The van der Waals surface area contributed by atoms with Crippen molar-refractivity contribution in [3.8, 4) is 0 Å². The minimum absolute atomic E-state index is 0.0229. The highest BCUT2D eigenvalue weighted by molar-refractivity contribution is 6.01. The third kappa shape index (κ3) is 4.49. The van der Waals surface area contributed by atoms with Crippen LogP contribution in [0.3, 0.4) is 0 Å². The molecule has 2 N–H and O–H groups in total. The van der Waals surface area contributed by atoms with Gasteiger partial charge in [0.05, 0.1) is 6.54 Å². The van der Waals surface area contributed by atoms with E-state index in [4.69, 9.17) is 0 Å². The number of carbonyl (C=O) groups excluding carboxylic acids is 3.